The first-order chi connectivity index (χ1) is 6.66. The molecular weight excluding hydrogens is 172 g/mol. The molecule has 0 aromatic heterocycles. The van der Waals surface area contributed by atoms with Crippen molar-refractivity contribution in [3.05, 3.63) is 29.3 Å². The molecule has 3 N–H and O–H groups in total. The number of hydrogen-bond donors (Lipinski definition) is 2. The summed E-state index contributed by atoms with van der Waals surface area (Å²) in [4.78, 5) is 0. The summed E-state index contributed by atoms with van der Waals surface area (Å²) in [6, 6.07) is 5.83. The highest BCUT2D eigenvalue weighted by Crippen LogP contribution is 2.18. The first-order valence-electron chi connectivity index (χ1n) is 5.09. The summed E-state index contributed by atoms with van der Waals surface area (Å²) in [6.07, 6.45) is 0.924. The van der Waals surface area contributed by atoms with E-state index < -0.39 is 0 Å². The molecule has 0 saturated heterocycles. The molecule has 0 radical (unpaired) electrons. The Hall–Kier alpha value is -1.31. The molecule has 78 valence electrons. The van der Waals surface area contributed by atoms with Gasteiger partial charge in [0.15, 0.2) is 0 Å². The number of nitrogen functional groups attached to an aromatic ring is 1. The monoisotopic (exact) mass is 192 g/mol. The summed E-state index contributed by atoms with van der Waals surface area (Å²) in [5.74, 6) is 0. The van der Waals surface area contributed by atoms with Gasteiger partial charge in [-0.25, -0.2) is 0 Å². The second-order valence-electron chi connectivity index (χ2n) is 2.86. The first kappa shape index (κ1) is 12.7. The van der Waals surface area contributed by atoms with Gasteiger partial charge in [-0.2, -0.15) is 0 Å². The second kappa shape index (κ2) is 6.19. The Bertz CT molecular complexity index is 303. The van der Waals surface area contributed by atoms with Crippen molar-refractivity contribution >= 4 is 11.4 Å². The molecule has 14 heavy (non-hydrogen) atoms. The number of aryl methyl sites for hydroxylation is 1. The Kier molecular flexibility index (Phi) is 5.61. The normalized spacial score (nSPS) is 8.86. The van der Waals surface area contributed by atoms with E-state index in [1.165, 1.54) is 0 Å². The number of nitrogens with one attached hydrogen (secondary N) is 1. The summed E-state index contributed by atoms with van der Waals surface area (Å²) in [5.41, 5.74) is 9.12. The molecule has 1 aromatic rings. The largest absolute Gasteiger partial charge is 0.398 e. The molecular formula is C12H20N2. The van der Waals surface area contributed by atoms with Gasteiger partial charge in [-0.1, -0.05) is 39.0 Å². The number of para-hydroxylation sites is 1. The predicted octanol–water partition coefficient (Wildman–Crippen LogP) is 3.25. The minimum atomic E-state index is 0.530. The van der Waals surface area contributed by atoms with Gasteiger partial charge >= 0.3 is 0 Å². The molecule has 0 aliphatic carbocycles. The van der Waals surface area contributed by atoms with E-state index in [2.05, 4.69) is 6.92 Å². The van der Waals surface area contributed by atoms with Gasteiger partial charge in [-0.05, 0) is 18.9 Å². The average Bonchev–Trinajstić information content (AvgIpc) is 2.21. The van der Waals surface area contributed by atoms with Gasteiger partial charge in [0, 0.05) is 17.0 Å². The third kappa shape index (κ3) is 2.87. The summed E-state index contributed by atoms with van der Waals surface area (Å²) < 4.78 is 0. The minimum Gasteiger partial charge on any atom is -0.398 e. The van der Waals surface area contributed by atoms with Crippen LogP contribution in [-0.4, -0.2) is 5.71 Å². The highest BCUT2D eigenvalue weighted by atomic mass is 14.6. The zero-order valence-electron chi connectivity index (χ0n) is 9.52. The Morgan fingerprint density at radius 3 is 2.36 bits per heavy atom. The molecule has 0 fully saturated rings. The molecule has 0 unspecified atom stereocenters. The number of nitrogens with two attached hydrogens (primary N) is 1. The van der Waals surface area contributed by atoms with E-state index in [4.69, 9.17) is 11.1 Å². The van der Waals surface area contributed by atoms with Crippen LogP contribution in [0.4, 0.5) is 5.69 Å². The van der Waals surface area contributed by atoms with Crippen molar-refractivity contribution in [2.45, 2.75) is 34.1 Å². The van der Waals surface area contributed by atoms with Gasteiger partial charge in [0.05, 0.1) is 0 Å². The van der Waals surface area contributed by atoms with E-state index in [9.17, 15) is 0 Å². The fraction of sp³-hybridized carbons (Fsp3) is 0.417. The van der Waals surface area contributed by atoms with Gasteiger partial charge in [-0.3, -0.25) is 0 Å². The quantitative estimate of drug-likeness (QED) is 0.548. The van der Waals surface area contributed by atoms with Crippen molar-refractivity contribution in [2.24, 2.45) is 0 Å². The van der Waals surface area contributed by atoms with E-state index in [0.717, 1.165) is 23.2 Å². The summed E-state index contributed by atoms with van der Waals surface area (Å²) in [7, 11) is 0. The topological polar surface area (TPSA) is 49.9 Å². The number of rotatable bonds is 2. The zero-order chi connectivity index (χ0) is 11.1. The smallest absolute Gasteiger partial charge is 0.0438 e. The third-order valence-electron chi connectivity index (χ3n) is 1.98. The molecule has 0 atom stereocenters. The van der Waals surface area contributed by atoms with E-state index in [-0.39, 0.29) is 0 Å². The van der Waals surface area contributed by atoms with Crippen LogP contribution in [0.1, 0.15) is 38.8 Å². The summed E-state index contributed by atoms with van der Waals surface area (Å²) in [6.45, 7) is 7.82. The van der Waals surface area contributed by atoms with Crippen LogP contribution in [0.5, 0.6) is 0 Å². The van der Waals surface area contributed by atoms with Crippen LogP contribution >= 0.6 is 0 Å². The standard InChI is InChI=1S/C10H14N2.C2H6/c1-3-8-5-4-6-9(7(2)11)10(8)12;1-2/h4-6,11H,3,12H2,1-2H3;1-2H3. The van der Waals surface area contributed by atoms with Gasteiger partial charge in [0.2, 0.25) is 0 Å². The first-order valence-corrected chi connectivity index (χ1v) is 5.09. The lowest BCUT2D eigenvalue weighted by Crippen LogP contribution is -2.02. The minimum absolute atomic E-state index is 0.530. The Balaban J connectivity index is 0.000000791. The van der Waals surface area contributed by atoms with Gasteiger partial charge in [-0.15, -0.1) is 0 Å². The maximum atomic E-state index is 7.47. The lowest BCUT2D eigenvalue weighted by atomic mass is 10.0. The summed E-state index contributed by atoms with van der Waals surface area (Å²) in [5, 5.41) is 7.47. The Morgan fingerprint density at radius 1 is 1.36 bits per heavy atom. The van der Waals surface area contributed by atoms with Crippen molar-refractivity contribution in [1.82, 2.24) is 0 Å². The van der Waals surface area contributed by atoms with Crippen LogP contribution in [0.15, 0.2) is 18.2 Å². The molecule has 0 aliphatic rings. The maximum absolute atomic E-state index is 7.47. The van der Waals surface area contributed by atoms with Crippen LogP contribution in [0.25, 0.3) is 0 Å². The third-order valence-corrected chi connectivity index (χ3v) is 1.98. The number of hydrogen-bond acceptors (Lipinski definition) is 2. The SMILES string of the molecule is CC.CCc1cccc(C(C)=N)c1N. The van der Waals surface area contributed by atoms with Crippen LogP contribution in [-0.2, 0) is 6.42 Å². The fourth-order valence-corrected chi connectivity index (χ4v) is 1.25. The van der Waals surface area contributed by atoms with Crippen molar-refractivity contribution in [3.8, 4) is 0 Å². The average molecular weight is 192 g/mol. The Labute approximate surface area is 86.7 Å². The van der Waals surface area contributed by atoms with Crippen molar-refractivity contribution in [2.75, 3.05) is 5.73 Å². The highest BCUT2D eigenvalue weighted by Gasteiger charge is 2.03. The van der Waals surface area contributed by atoms with Crippen LogP contribution in [0, 0.1) is 5.41 Å². The molecule has 0 spiro atoms. The molecule has 2 heteroatoms. The molecule has 0 saturated carbocycles. The molecule has 0 heterocycles. The zero-order valence-corrected chi connectivity index (χ0v) is 9.52. The molecule has 0 aliphatic heterocycles. The Morgan fingerprint density at radius 2 is 1.93 bits per heavy atom. The molecule has 1 rings (SSSR count). The van der Waals surface area contributed by atoms with Crippen molar-refractivity contribution < 1.29 is 0 Å². The van der Waals surface area contributed by atoms with Crippen molar-refractivity contribution in [3.63, 3.8) is 0 Å². The number of benzene rings is 1. The lowest BCUT2D eigenvalue weighted by molar-refractivity contribution is 1.14. The summed E-state index contributed by atoms with van der Waals surface area (Å²) >= 11 is 0. The predicted molar refractivity (Wildman–Crippen MR) is 64.1 cm³/mol. The van der Waals surface area contributed by atoms with Gasteiger partial charge in [0.1, 0.15) is 0 Å². The van der Waals surface area contributed by atoms with Crippen LogP contribution in [0.2, 0.25) is 0 Å². The molecule has 2 nitrogen and oxygen atoms in total. The second-order valence-corrected chi connectivity index (χ2v) is 2.86. The van der Waals surface area contributed by atoms with E-state index in [1.54, 1.807) is 6.92 Å². The van der Waals surface area contributed by atoms with Gasteiger partial charge < -0.3 is 11.1 Å². The van der Waals surface area contributed by atoms with Crippen LogP contribution in [0.3, 0.4) is 0 Å². The van der Waals surface area contributed by atoms with E-state index >= 15 is 0 Å². The van der Waals surface area contributed by atoms with Gasteiger partial charge in [0.25, 0.3) is 0 Å². The van der Waals surface area contributed by atoms with Crippen molar-refractivity contribution in [1.29, 1.82) is 5.41 Å². The van der Waals surface area contributed by atoms with E-state index in [1.807, 2.05) is 32.0 Å². The number of anilines is 1. The highest BCUT2D eigenvalue weighted by molar-refractivity contribution is 6.01. The van der Waals surface area contributed by atoms with E-state index in [0.29, 0.717) is 5.71 Å². The van der Waals surface area contributed by atoms with Crippen LogP contribution < -0.4 is 5.73 Å². The maximum Gasteiger partial charge on any atom is 0.0438 e. The molecule has 0 amide bonds. The molecule has 1 aromatic carbocycles. The lowest BCUT2D eigenvalue weighted by Gasteiger charge is -2.07. The molecule has 0 bridgehead atoms. The fourth-order valence-electron chi connectivity index (χ4n) is 1.25.